The summed E-state index contributed by atoms with van der Waals surface area (Å²) in [5, 5.41) is 9.91. The van der Waals surface area contributed by atoms with Crippen molar-refractivity contribution in [3.8, 4) is 0 Å². The predicted octanol–water partition coefficient (Wildman–Crippen LogP) is 1.25. The summed E-state index contributed by atoms with van der Waals surface area (Å²) < 4.78 is 41.8. The number of rotatable bonds is 4. The van der Waals surface area contributed by atoms with Gasteiger partial charge in [0.05, 0.1) is 11.9 Å². The van der Waals surface area contributed by atoms with Crippen LogP contribution in [0.5, 0.6) is 0 Å². The number of aromatic nitrogens is 4. The largest absolute Gasteiger partial charge is 0.435 e. The van der Waals surface area contributed by atoms with Crippen LogP contribution in [0.25, 0.3) is 0 Å². The Morgan fingerprint density at radius 2 is 2.00 bits per heavy atom. The van der Waals surface area contributed by atoms with Crippen LogP contribution in [0.15, 0.2) is 6.20 Å². The number of fused-ring (bicyclic) bond motifs is 1. The summed E-state index contributed by atoms with van der Waals surface area (Å²) in [4.78, 5) is 23.7. The number of primary amides is 1. The van der Waals surface area contributed by atoms with E-state index in [-0.39, 0.29) is 16.9 Å². The summed E-state index contributed by atoms with van der Waals surface area (Å²) in [7, 11) is 1.48. The fourth-order valence-corrected chi connectivity index (χ4v) is 3.18. The van der Waals surface area contributed by atoms with Crippen molar-refractivity contribution < 1.29 is 22.8 Å². The van der Waals surface area contributed by atoms with Gasteiger partial charge in [-0.2, -0.15) is 23.4 Å². The predicted molar refractivity (Wildman–Crippen MR) is 84.2 cm³/mol. The maximum Gasteiger partial charge on any atom is 0.435 e. The Labute approximate surface area is 146 Å². The molecule has 0 aliphatic heterocycles. The Morgan fingerprint density at radius 3 is 2.65 bits per heavy atom. The van der Waals surface area contributed by atoms with Crippen molar-refractivity contribution in [2.45, 2.75) is 38.4 Å². The minimum absolute atomic E-state index is 0.00294. The monoisotopic (exact) mass is 370 g/mol. The molecule has 3 rings (SSSR count). The third-order valence-corrected chi connectivity index (χ3v) is 4.26. The summed E-state index contributed by atoms with van der Waals surface area (Å²) >= 11 is 0. The fourth-order valence-electron chi connectivity index (χ4n) is 3.18. The quantitative estimate of drug-likeness (QED) is 0.844. The van der Waals surface area contributed by atoms with E-state index in [1.54, 1.807) is 0 Å². The molecule has 0 atom stereocenters. The lowest BCUT2D eigenvalue weighted by Crippen LogP contribution is -2.24. The van der Waals surface area contributed by atoms with Crippen LogP contribution in [0.1, 0.15) is 40.3 Å². The van der Waals surface area contributed by atoms with E-state index in [1.165, 1.54) is 17.9 Å². The second-order valence-corrected chi connectivity index (χ2v) is 6.08. The minimum atomic E-state index is -4.56. The number of halogens is 3. The Kier molecular flexibility index (Phi) is 4.46. The summed E-state index contributed by atoms with van der Waals surface area (Å²) in [5.41, 5.74) is 5.00. The maximum absolute atomic E-state index is 13.2. The summed E-state index contributed by atoms with van der Waals surface area (Å²) in [6.07, 6.45) is -1.19. The smallest absolute Gasteiger partial charge is 0.364 e. The van der Waals surface area contributed by atoms with E-state index < -0.39 is 30.2 Å². The molecule has 2 amide bonds. The Hall–Kier alpha value is -2.85. The highest BCUT2D eigenvalue weighted by Gasteiger charge is 2.39. The van der Waals surface area contributed by atoms with Gasteiger partial charge < -0.3 is 11.1 Å². The highest BCUT2D eigenvalue weighted by Crippen LogP contribution is 2.35. The molecule has 2 aromatic heterocycles. The number of carbonyl (C=O) groups excluding carboxylic acids is 2. The van der Waals surface area contributed by atoms with Crippen molar-refractivity contribution in [3.05, 3.63) is 28.8 Å². The van der Waals surface area contributed by atoms with Gasteiger partial charge >= 0.3 is 6.18 Å². The number of aryl methyl sites for hydroxylation is 1. The molecular weight excluding hydrogens is 353 g/mol. The fraction of sp³-hybridized carbons (Fsp3) is 0.467. The van der Waals surface area contributed by atoms with Crippen LogP contribution in [-0.2, 0) is 37.4 Å². The molecule has 2 heterocycles. The normalized spacial score (nSPS) is 14.2. The molecule has 0 spiro atoms. The SMILES string of the molecule is Cn1ncc(NC(=O)Cn2nc(C(F)(F)F)c3c2CCCC3)c1C(N)=O. The van der Waals surface area contributed by atoms with Gasteiger partial charge in [0.1, 0.15) is 12.2 Å². The first kappa shape index (κ1) is 18.0. The summed E-state index contributed by atoms with van der Waals surface area (Å²) in [6, 6.07) is 0. The number of nitrogens with two attached hydrogens (primary N) is 1. The van der Waals surface area contributed by atoms with Crippen molar-refractivity contribution >= 4 is 17.5 Å². The lowest BCUT2D eigenvalue weighted by molar-refractivity contribution is -0.142. The van der Waals surface area contributed by atoms with Gasteiger partial charge in [0.15, 0.2) is 5.69 Å². The molecule has 11 heteroatoms. The van der Waals surface area contributed by atoms with Gasteiger partial charge in [0.25, 0.3) is 5.91 Å². The van der Waals surface area contributed by atoms with Gasteiger partial charge in [-0.25, -0.2) is 0 Å². The van der Waals surface area contributed by atoms with E-state index in [4.69, 9.17) is 5.73 Å². The van der Waals surface area contributed by atoms with Gasteiger partial charge in [-0.3, -0.25) is 19.0 Å². The molecule has 0 saturated heterocycles. The van der Waals surface area contributed by atoms with Crippen LogP contribution >= 0.6 is 0 Å². The number of amides is 2. The number of hydrogen-bond donors (Lipinski definition) is 2. The molecular formula is C15H17F3N6O2. The lowest BCUT2D eigenvalue weighted by Gasteiger charge is -2.14. The van der Waals surface area contributed by atoms with Crippen LogP contribution in [0.2, 0.25) is 0 Å². The van der Waals surface area contributed by atoms with Crippen LogP contribution in [-0.4, -0.2) is 31.4 Å². The van der Waals surface area contributed by atoms with E-state index in [2.05, 4.69) is 15.5 Å². The Balaban J connectivity index is 1.84. The van der Waals surface area contributed by atoms with Crippen molar-refractivity contribution in [2.24, 2.45) is 12.8 Å². The Morgan fingerprint density at radius 1 is 1.31 bits per heavy atom. The number of nitrogens with one attached hydrogen (secondary N) is 1. The summed E-state index contributed by atoms with van der Waals surface area (Å²) in [6.45, 7) is -0.397. The zero-order chi connectivity index (χ0) is 19.1. The maximum atomic E-state index is 13.2. The van der Waals surface area contributed by atoms with Crippen molar-refractivity contribution in [1.29, 1.82) is 0 Å². The second-order valence-electron chi connectivity index (χ2n) is 6.08. The van der Waals surface area contributed by atoms with E-state index in [1.807, 2.05) is 0 Å². The average Bonchev–Trinajstić information content (AvgIpc) is 3.08. The molecule has 8 nitrogen and oxygen atoms in total. The van der Waals surface area contributed by atoms with Crippen molar-refractivity contribution in [3.63, 3.8) is 0 Å². The molecule has 0 unspecified atom stereocenters. The Bertz CT molecular complexity index is 868. The molecule has 0 bridgehead atoms. The zero-order valence-electron chi connectivity index (χ0n) is 13.9. The number of hydrogen-bond acceptors (Lipinski definition) is 4. The average molecular weight is 370 g/mol. The molecule has 0 radical (unpaired) electrons. The first-order valence-electron chi connectivity index (χ1n) is 7.96. The highest BCUT2D eigenvalue weighted by molar-refractivity contribution is 6.01. The van der Waals surface area contributed by atoms with Crippen molar-refractivity contribution in [1.82, 2.24) is 19.6 Å². The molecule has 0 aromatic carbocycles. The third kappa shape index (κ3) is 3.28. The number of anilines is 1. The van der Waals surface area contributed by atoms with E-state index in [9.17, 15) is 22.8 Å². The molecule has 2 aromatic rings. The molecule has 0 fully saturated rings. The summed E-state index contributed by atoms with van der Waals surface area (Å²) in [5.74, 6) is -1.40. The molecule has 3 N–H and O–H groups in total. The number of nitrogens with zero attached hydrogens (tertiary/aromatic N) is 4. The highest BCUT2D eigenvalue weighted by atomic mass is 19.4. The van der Waals surface area contributed by atoms with Crippen LogP contribution < -0.4 is 11.1 Å². The van der Waals surface area contributed by atoms with E-state index in [0.29, 0.717) is 25.0 Å². The van der Waals surface area contributed by atoms with Crippen molar-refractivity contribution in [2.75, 3.05) is 5.32 Å². The second kappa shape index (κ2) is 6.46. The van der Waals surface area contributed by atoms with Gasteiger partial charge in [-0.15, -0.1) is 0 Å². The van der Waals surface area contributed by atoms with E-state index in [0.717, 1.165) is 11.1 Å². The molecule has 26 heavy (non-hydrogen) atoms. The van der Waals surface area contributed by atoms with Crippen LogP contribution in [0, 0.1) is 0 Å². The van der Waals surface area contributed by atoms with Crippen LogP contribution in [0.4, 0.5) is 18.9 Å². The minimum Gasteiger partial charge on any atom is -0.364 e. The lowest BCUT2D eigenvalue weighted by atomic mass is 9.95. The number of alkyl halides is 3. The first-order chi connectivity index (χ1) is 12.2. The first-order valence-corrected chi connectivity index (χ1v) is 7.96. The zero-order valence-corrected chi connectivity index (χ0v) is 13.9. The molecule has 1 aliphatic carbocycles. The van der Waals surface area contributed by atoms with Gasteiger partial charge in [0, 0.05) is 18.3 Å². The topological polar surface area (TPSA) is 108 Å². The van der Waals surface area contributed by atoms with E-state index >= 15 is 0 Å². The van der Waals surface area contributed by atoms with Gasteiger partial charge in [0.2, 0.25) is 5.91 Å². The van der Waals surface area contributed by atoms with Crippen LogP contribution in [0.3, 0.4) is 0 Å². The molecule has 1 aliphatic rings. The molecule has 0 saturated carbocycles. The number of carbonyl (C=O) groups is 2. The molecule has 140 valence electrons. The third-order valence-electron chi connectivity index (χ3n) is 4.26. The van der Waals surface area contributed by atoms with Gasteiger partial charge in [-0.1, -0.05) is 0 Å². The standard InChI is InChI=1S/C15H17F3N6O2/c1-23-12(14(19)26)9(6-20-23)21-11(25)7-24-10-5-3-2-4-8(10)13(22-24)15(16,17)18/h6H,2-5,7H2,1H3,(H2,19,26)(H,21,25). The van der Waals surface area contributed by atoms with Gasteiger partial charge in [-0.05, 0) is 25.7 Å².